The quantitative estimate of drug-likeness (QED) is 0.439. The third kappa shape index (κ3) is 2.89. The molecule has 1 aliphatic heterocycles. The van der Waals surface area contributed by atoms with Crippen LogP contribution in [0.1, 0.15) is 48.3 Å². The van der Waals surface area contributed by atoms with Crippen LogP contribution in [-0.2, 0) is 11.3 Å². The van der Waals surface area contributed by atoms with E-state index in [0.29, 0.717) is 23.7 Å². The van der Waals surface area contributed by atoms with Gasteiger partial charge >= 0.3 is 0 Å². The number of carbonyl (C=O) groups excluding carboxylic acids is 1. The normalized spacial score (nSPS) is 18.4. The van der Waals surface area contributed by atoms with Crippen molar-refractivity contribution >= 4 is 28.1 Å². The minimum Gasteiger partial charge on any atom is -0.338 e. The Balaban J connectivity index is 1.57. The van der Waals surface area contributed by atoms with Crippen LogP contribution in [0.5, 0.6) is 0 Å². The second kappa shape index (κ2) is 6.93. The van der Waals surface area contributed by atoms with Gasteiger partial charge < -0.3 is 9.47 Å². The van der Waals surface area contributed by atoms with Crippen molar-refractivity contribution in [1.82, 2.24) is 24.4 Å². The summed E-state index contributed by atoms with van der Waals surface area (Å²) < 4.78 is 17.3. The lowest BCUT2D eigenvalue weighted by molar-refractivity contribution is -0.135. The fraction of sp³-hybridized carbons (Fsp3) is 0.333. The number of thiazole rings is 1. The summed E-state index contributed by atoms with van der Waals surface area (Å²) in [6.45, 7) is 4.32. The Kier molecular flexibility index (Phi) is 4.24. The zero-order valence-corrected chi connectivity index (χ0v) is 18.9. The van der Waals surface area contributed by atoms with E-state index in [1.807, 2.05) is 39.1 Å². The van der Waals surface area contributed by atoms with Crippen molar-refractivity contribution in [3.63, 3.8) is 0 Å². The molecule has 162 valence electrons. The molecule has 8 heteroatoms. The number of aromatic nitrogens is 4. The highest BCUT2D eigenvalue weighted by Crippen LogP contribution is 2.45. The molecule has 1 saturated carbocycles. The Labute approximate surface area is 188 Å². The van der Waals surface area contributed by atoms with Crippen LogP contribution in [-0.4, -0.2) is 37.4 Å². The number of imidazole rings is 1. The Bertz CT molecular complexity index is 1400. The van der Waals surface area contributed by atoms with Crippen LogP contribution in [0.3, 0.4) is 0 Å². The number of nitrogens with zero attached hydrogens (tertiary/aromatic N) is 5. The molecule has 1 aromatic carbocycles. The largest absolute Gasteiger partial charge is 0.338 e. The van der Waals surface area contributed by atoms with Gasteiger partial charge in [-0.1, -0.05) is 12.1 Å². The number of pyridine rings is 1. The fourth-order valence-corrected chi connectivity index (χ4v) is 5.44. The van der Waals surface area contributed by atoms with E-state index in [1.54, 1.807) is 17.2 Å². The summed E-state index contributed by atoms with van der Waals surface area (Å²) in [6, 6.07) is 7.09. The Hall–Kier alpha value is -3.13. The topological polar surface area (TPSA) is 63.9 Å². The zero-order chi connectivity index (χ0) is 22.1. The standard InChI is InChI=1S/C24H22FN5OS/c1-12-24(31)29(3)11-19-21(28-23(30(12)19)14-7-8-14)15-5-4-6-18-16(15)9-17(25)22(27-18)20-10-26-13(2)32-20/h4-6,9-10,12,14H,7-8,11H2,1-3H3. The molecule has 0 radical (unpaired) electrons. The Morgan fingerprint density at radius 2 is 2.00 bits per heavy atom. The van der Waals surface area contributed by atoms with E-state index in [4.69, 9.17) is 4.98 Å². The molecule has 6 nitrogen and oxygen atoms in total. The van der Waals surface area contributed by atoms with Crippen molar-refractivity contribution in [3.8, 4) is 21.8 Å². The fourth-order valence-electron chi connectivity index (χ4n) is 4.67. The van der Waals surface area contributed by atoms with Crippen LogP contribution in [0.15, 0.2) is 30.5 Å². The summed E-state index contributed by atoms with van der Waals surface area (Å²) >= 11 is 1.43. The van der Waals surface area contributed by atoms with Crippen LogP contribution in [0.2, 0.25) is 0 Å². The summed E-state index contributed by atoms with van der Waals surface area (Å²) in [5.41, 5.74) is 3.73. The summed E-state index contributed by atoms with van der Waals surface area (Å²) in [7, 11) is 1.82. The maximum Gasteiger partial charge on any atom is 0.245 e. The van der Waals surface area contributed by atoms with Gasteiger partial charge in [0.15, 0.2) is 5.82 Å². The first kappa shape index (κ1) is 19.5. The van der Waals surface area contributed by atoms with Gasteiger partial charge in [-0.3, -0.25) is 4.79 Å². The van der Waals surface area contributed by atoms with E-state index in [-0.39, 0.29) is 17.8 Å². The van der Waals surface area contributed by atoms with Gasteiger partial charge in [0.05, 0.1) is 33.3 Å². The molecule has 0 bridgehead atoms. The SMILES string of the molecule is Cc1ncc(-c2nc3cccc(-c4nc(C5CC5)n5c4CN(C)C(=O)C5C)c3cc2F)s1. The van der Waals surface area contributed by atoms with E-state index in [1.165, 1.54) is 11.3 Å². The monoisotopic (exact) mass is 447 g/mol. The van der Waals surface area contributed by atoms with Gasteiger partial charge in [0.25, 0.3) is 0 Å². The molecule has 0 saturated heterocycles. The van der Waals surface area contributed by atoms with E-state index in [9.17, 15) is 4.79 Å². The number of benzene rings is 1. The van der Waals surface area contributed by atoms with Crippen molar-refractivity contribution in [1.29, 1.82) is 0 Å². The van der Waals surface area contributed by atoms with Gasteiger partial charge in [0.2, 0.25) is 5.91 Å². The number of halogens is 1. The first-order valence-corrected chi connectivity index (χ1v) is 11.6. The average molecular weight is 448 g/mol. The van der Waals surface area contributed by atoms with Crippen LogP contribution < -0.4 is 0 Å². The van der Waals surface area contributed by atoms with E-state index < -0.39 is 0 Å². The van der Waals surface area contributed by atoms with Crippen LogP contribution >= 0.6 is 11.3 Å². The number of rotatable bonds is 3. The number of carbonyl (C=O) groups is 1. The molecule has 0 N–H and O–H groups in total. The highest BCUT2D eigenvalue weighted by atomic mass is 32.1. The molecular weight excluding hydrogens is 425 g/mol. The molecule has 0 spiro atoms. The molecule has 32 heavy (non-hydrogen) atoms. The van der Waals surface area contributed by atoms with E-state index >= 15 is 4.39 Å². The smallest absolute Gasteiger partial charge is 0.245 e. The Morgan fingerprint density at radius 1 is 1.19 bits per heavy atom. The molecule has 1 fully saturated rings. The maximum atomic E-state index is 15.2. The summed E-state index contributed by atoms with van der Waals surface area (Å²) in [5, 5.41) is 1.60. The van der Waals surface area contributed by atoms with Crippen molar-refractivity contribution in [2.45, 2.75) is 45.2 Å². The second-order valence-electron chi connectivity index (χ2n) is 8.71. The van der Waals surface area contributed by atoms with Crippen LogP contribution in [0.25, 0.3) is 32.7 Å². The molecule has 6 rings (SSSR count). The molecule has 1 aliphatic carbocycles. The number of aryl methyl sites for hydroxylation is 1. The predicted octanol–water partition coefficient (Wildman–Crippen LogP) is 5.08. The summed E-state index contributed by atoms with van der Waals surface area (Å²) in [4.78, 5) is 29.1. The van der Waals surface area contributed by atoms with Crippen LogP contribution in [0, 0.1) is 12.7 Å². The number of fused-ring (bicyclic) bond motifs is 2. The van der Waals surface area contributed by atoms with Gasteiger partial charge in [0, 0.05) is 30.1 Å². The molecular formula is C24H22FN5OS. The second-order valence-corrected chi connectivity index (χ2v) is 9.95. The number of hydrogen-bond donors (Lipinski definition) is 0. The minimum atomic E-state index is -0.371. The summed E-state index contributed by atoms with van der Waals surface area (Å²) in [5.74, 6) is 1.10. The predicted molar refractivity (Wildman–Crippen MR) is 122 cm³/mol. The third-order valence-corrected chi connectivity index (χ3v) is 7.33. The summed E-state index contributed by atoms with van der Waals surface area (Å²) in [6.07, 6.45) is 3.86. The number of hydrogen-bond acceptors (Lipinski definition) is 5. The number of likely N-dealkylation sites (N-methyl/N-ethyl adjacent to an activating group) is 1. The first-order chi connectivity index (χ1) is 15.4. The molecule has 3 aromatic heterocycles. The van der Waals surface area contributed by atoms with Crippen molar-refractivity contribution in [2.75, 3.05) is 7.05 Å². The number of amides is 1. The average Bonchev–Trinajstić information content (AvgIpc) is 3.42. The van der Waals surface area contributed by atoms with Gasteiger partial charge in [-0.15, -0.1) is 11.3 Å². The van der Waals surface area contributed by atoms with Gasteiger partial charge in [-0.05, 0) is 38.8 Å². The lowest BCUT2D eigenvalue weighted by atomic mass is 10.0. The van der Waals surface area contributed by atoms with Gasteiger partial charge in [-0.25, -0.2) is 19.3 Å². The molecule has 4 aromatic rings. The van der Waals surface area contributed by atoms with E-state index in [0.717, 1.165) is 50.9 Å². The van der Waals surface area contributed by atoms with Gasteiger partial charge in [0.1, 0.15) is 17.6 Å². The minimum absolute atomic E-state index is 0.0958. The molecule has 2 aliphatic rings. The van der Waals surface area contributed by atoms with E-state index in [2.05, 4.69) is 14.5 Å². The first-order valence-electron chi connectivity index (χ1n) is 10.8. The lowest BCUT2D eigenvalue weighted by Gasteiger charge is -2.31. The van der Waals surface area contributed by atoms with Crippen molar-refractivity contribution < 1.29 is 9.18 Å². The highest BCUT2D eigenvalue weighted by molar-refractivity contribution is 7.15. The maximum absolute atomic E-state index is 15.2. The third-order valence-electron chi connectivity index (χ3n) is 6.41. The highest BCUT2D eigenvalue weighted by Gasteiger charge is 2.38. The van der Waals surface area contributed by atoms with Gasteiger partial charge in [-0.2, -0.15) is 0 Å². The molecule has 1 unspecified atom stereocenters. The van der Waals surface area contributed by atoms with Crippen molar-refractivity contribution in [2.24, 2.45) is 0 Å². The lowest BCUT2D eigenvalue weighted by Crippen LogP contribution is -2.39. The molecule has 4 heterocycles. The molecule has 1 amide bonds. The molecule has 1 atom stereocenters. The van der Waals surface area contributed by atoms with Crippen molar-refractivity contribution in [3.05, 3.63) is 52.8 Å². The zero-order valence-electron chi connectivity index (χ0n) is 18.1. The van der Waals surface area contributed by atoms with Crippen LogP contribution in [0.4, 0.5) is 4.39 Å². The Morgan fingerprint density at radius 3 is 2.72 bits per heavy atom.